The number of nitrogens with zero attached hydrogens (tertiary/aromatic N) is 1. The number of methoxy groups -OCH3 is 1. The average Bonchev–Trinajstić information content (AvgIpc) is 3.01. The molecule has 0 aliphatic heterocycles. The Balaban J connectivity index is 0.000000595. The van der Waals surface area contributed by atoms with Crippen LogP contribution in [0.5, 0.6) is 5.75 Å². The van der Waals surface area contributed by atoms with E-state index in [1.165, 1.54) is 6.92 Å². The normalized spacial score (nSPS) is 9.83. The summed E-state index contributed by atoms with van der Waals surface area (Å²) in [7, 11) is 1.58. The van der Waals surface area contributed by atoms with Gasteiger partial charge in [0.1, 0.15) is 0 Å². The van der Waals surface area contributed by atoms with Crippen molar-refractivity contribution in [1.29, 1.82) is 0 Å². The summed E-state index contributed by atoms with van der Waals surface area (Å²) in [5, 5.41) is 0.862. The third-order valence-electron chi connectivity index (χ3n) is 3.21. The minimum atomic E-state index is -0.107. The van der Waals surface area contributed by atoms with Crippen molar-refractivity contribution in [3.63, 3.8) is 0 Å². The Hall–Kier alpha value is -3.15. The third-order valence-corrected chi connectivity index (χ3v) is 3.21. The van der Waals surface area contributed by atoms with Gasteiger partial charge in [0.25, 0.3) is 0 Å². The maximum Gasteiger partial charge on any atom is 0.204 e. The van der Waals surface area contributed by atoms with Gasteiger partial charge >= 0.3 is 0 Å². The van der Waals surface area contributed by atoms with Gasteiger partial charge in [-0.15, -0.1) is 0 Å². The van der Waals surface area contributed by atoms with Crippen LogP contribution in [0.4, 0.5) is 0 Å². The topological polar surface area (TPSA) is 95.4 Å². The summed E-state index contributed by atoms with van der Waals surface area (Å²) >= 11 is 0. The highest BCUT2D eigenvalue weighted by molar-refractivity contribution is 6.02. The van der Waals surface area contributed by atoms with Crippen molar-refractivity contribution >= 4 is 23.2 Å². The molecule has 0 unspecified atom stereocenters. The predicted molar refractivity (Wildman–Crippen MR) is 86.3 cm³/mol. The van der Waals surface area contributed by atoms with Gasteiger partial charge in [-0.05, 0) is 41.5 Å². The molecule has 1 aromatic carbocycles. The highest BCUT2D eigenvalue weighted by Gasteiger charge is 2.15. The molecule has 2 N–H and O–H groups in total. The van der Waals surface area contributed by atoms with Crippen molar-refractivity contribution in [3.05, 3.63) is 48.5 Å². The standard InChI is InChI=1S/C16H13NO3.CH3NO/c1-10(18)15-9-13-12(11-5-7-17-8-6-11)3-4-14(19-2)16(13)20-15;2-1-3/h3-9H,1-2H3;1H,(H2,2,3). The van der Waals surface area contributed by atoms with E-state index in [1.807, 2.05) is 24.3 Å². The molecular weight excluding hydrogens is 296 g/mol. The Labute approximate surface area is 132 Å². The van der Waals surface area contributed by atoms with E-state index in [9.17, 15) is 4.79 Å². The van der Waals surface area contributed by atoms with E-state index in [4.69, 9.17) is 13.9 Å². The van der Waals surface area contributed by atoms with E-state index >= 15 is 0 Å². The summed E-state index contributed by atoms with van der Waals surface area (Å²) in [4.78, 5) is 24.1. The molecule has 0 spiro atoms. The molecule has 23 heavy (non-hydrogen) atoms. The summed E-state index contributed by atoms with van der Waals surface area (Å²) in [6, 6.07) is 9.39. The number of rotatable bonds is 3. The molecule has 2 heterocycles. The van der Waals surface area contributed by atoms with Crippen LogP contribution in [-0.4, -0.2) is 24.3 Å². The number of fused-ring (bicyclic) bond motifs is 1. The molecule has 0 saturated heterocycles. The van der Waals surface area contributed by atoms with Crippen LogP contribution in [0.1, 0.15) is 17.5 Å². The molecule has 3 aromatic rings. The molecule has 118 valence electrons. The number of furan rings is 1. The molecule has 0 aliphatic carbocycles. The van der Waals surface area contributed by atoms with Gasteiger partial charge in [-0.25, -0.2) is 0 Å². The molecular formula is C17H16N2O4. The fourth-order valence-corrected chi connectivity index (χ4v) is 2.22. The smallest absolute Gasteiger partial charge is 0.204 e. The fraction of sp³-hybridized carbons (Fsp3) is 0.118. The molecule has 0 saturated carbocycles. The number of nitrogens with two attached hydrogens (primary N) is 1. The Kier molecular flexibility index (Phi) is 5.09. The van der Waals surface area contributed by atoms with Crippen LogP contribution < -0.4 is 10.5 Å². The molecule has 3 rings (SSSR count). The Bertz CT molecular complexity index is 825. The van der Waals surface area contributed by atoms with Crippen molar-refractivity contribution in [2.45, 2.75) is 6.92 Å². The first kappa shape index (κ1) is 16.2. The maximum atomic E-state index is 11.5. The van der Waals surface area contributed by atoms with Gasteiger partial charge in [0, 0.05) is 24.7 Å². The van der Waals surface area contributed by atoms with Crippen molar-refractivity contribution in [2.24, 2.45) is 5.73 Å². The van der Waals surface area contributed by atoms with Crippen LogP contribution in [0.15, 0.2) is 47.1 Å². The largest absolute Gasteiger partial charge is 0.493 e. The number of ether oxygens (including phenoxy) is 1. The van der Waals surface area contributed by atoms with Crippen LogP contribution in [0.3, 0.4) is 0 Å². The number of hydrogen-bond donors (Lipinski definition) is 1. The molecule has 0 bridgehead atoms. The minimum absolute atomic E-state index is 0.107. The van der Waals surface area contributed by atoms with E-state index < -0.39 is 0 Å². The van der Waals surface area contributed by atoms with Crippen LogP contribution in [0, 0.1) is 0 Å². The van der Waals surface area contributed by atoms with Crippen molar-refractivity contribution in [1.82, 2.24) is 4.98 Å². The van der Waals surface area contributed by atoms with Gasteiger partial charge in [0.2, 0.25) is 6.41 Å². The van der Waals surface area contributed by atoms with Crippen LogP contribution in [-0.2, 0) is 4.79 Å². The number of pyridine rings is 1. The second-order valence-electron chi connectivity index (χ2n) is 4.60. The van der Waals surface area contributed by atoms with Crippen molar-refractivity contribution < 1.29 is 18.7 Å². The van der Waals surface area contributed by atoms with Gasteiger partial charge in [0.05, 0.1) is 7.11 Å². The number of benzene rings is 1. The fourth-order valence-electron chi connectivity index (χ4n) is 2.22. The maximum absolute atomic E-state index is 11.5. The van der Waals surface area contributed by atoms with Crippen LogP contribution in [0.25, 0.3) is 22.1 Å². The molecule has 6 nitrogen and oxygen atoms in total. The summed E-state index contributed by atoms with van der Waals surface area (Å²) < 4.78 is 10.9. The highest BCUT2D eigenvalue weighted by Crippen LogP contribution is 2.36. The molecule has 0 radical (unpaired) electrons. The Morgan fingerprint density at radius 1 is 1.26 bits per heavy atom. The van der Waals surface area contributed by atoms with Crippen molar-refractivity contribution in [3.8, 4) is 16.9 Å². The second kappa shape index (κ2) is 7.22. The molecule has 2 aromatic heterocycles. The Morgan fingerprint density at radius 3 is 2.48 bits per heavy atom. The van der Waals surface area contributed by atoms with Gasteiger partial charge in [-0.3, -0.25) is 14.6 Å². The van der Waals surface area contributed by atoms with E-state index in [1.54, 1.807) is 25.6 Å². The number of aromatic nitrogens is 1. The van der Waals surface area contributed by atoms with Crippen molar-refractivity contribution in [2.75, 3.05) is 7.11 Å². The Morgan fingerprint density at radius 2 is 1.91 bits per heavy atom. The zero-order valence-electron chi connectivity index (χ0n) is 12.8. The first-order valence-corrected chi connectivity index (χ1v) is 6.79. The minimum Gasteiger partial charge on any atom is -0.493 e. The number of carbonyl (C=O) groups is 2. The van der Waals surface area contributed by atoms with E-state index in [0.717, 1.165) is 16.5 Å². The number of primary amides is 1. The van der Waals surface area contributed by atoms with Gasteiger partial charge < -0.3 is 14.9 Å². The van der Waals surface area contributed by atoms with Crippen LogP contribution >= 0.6 is 0 Å². The first-order chi connectivity index (χ1) is 11.1. The SMILES string of the molecule is COc1ccc(-c2ccncc2)c2cc(C(C)=O)oc12.NC=O. The average molecular weight is 312 g/mol. The summed E-state index contributed by atoms with van der Waals surface area (Å²) in [5.41, 5.74) is 6.76. The number of amides is 1. The first-order valence-electron chi connectivity index (χ1n) is 6.79. The van der Waals surface area contributed by atoms with Gasteiger partial charge in [-0.2, -0.15) is 0 Å². The number of Topliss-reactive ketones (excluding diaryl/α,β-unsaturated/α-hetero) is 1. The zero-order valence-corrected chi connectivity index (χ0v) is 12.8. The molecule has 0 fully saturated rings. The second-order valence-corrected chi connectivity index (χ2v) is 4.60. The predicted octanol–water partition coefficient (Wildman–Crippen LogP) is 2.81. The summed E-state index contributed by atoms with van der Waals surface area (Å²) in [5.74, 6) is 0.842. The summed E-state index contributed by atoms with van der Waals surface area (Å²) in [6.07, 6.45) is 3.72. The van der Waals surface area contributed by atoms with Crippen LogP contribution in [0.2, 0.25) is 0 Å². The molecule has 0 atom stereocenters. The third kappa shape index (κ3) is 3.37. The number of ketones is 1. The van der Waals surface area contributed by atoms with Gasteiger partial charge in [0.15, 0.2) is 22.9 Å². The molecule has 6 heteroatoms. The highest BCUT2D eigenvalue weighted by atomic mass is 16.5. The lowest BCUT2D eigenvalue weighted by molar-refractivity contribution is -0.106. The molecule has 0 aliphatic rings. The monoisotopic (exact) mass is 312 g/mol. The summed E-state index contributed by atoms with van der Waals surface area (Å²) in [6.45, 7) is 1.48. The van der Waals surface area contributed by atoms with E-state index in [2.05, 4.69) is 10.7 Å². The number of hydrogen-bond acceptors (Lipinski definition) is 5. The number of carbonyl (C=O) groups excluding carboxylic acids is 2. The van der Waals surface area contributed by atoms with E-state index in [0.29, 0.717) is 17.1 Å². The van der Waals surface area contributed by atoms with E-state index in [-0.39, 0.29) is 12.2 Å². The van der Waals surface area contributed by atoms with Gasteiger partial charge in [-0.1, -0.05) is 0 Å². The molecule has 1 amide bonds. The lowest BCUT2D eigenvalue weighted by atomic mass is 10.0. The zero-order chi connectivity index (χ0) is 16.8. The lowest BCUT2D eigenvalue weighted by Crippen LogP contribution is -1.85. The lowest BCUT2D eigenvalue weighted by Gasteiger charge is -2.05. The quantitative estimate of drug-likeness (QED) is 0.592.